The minimum absolute atomic E-state index is 0.0866. The molecule has 4 nitrogen and oxygen atoms in total. The molecular formula is C13H29N3O. The summed E-state index contributed by atoms with van der Waals surface area (Å²) in [4.78, 5) is 16.3. The van der Waals surface area contributed by atoms with Gasteiger partial charge in [-0.3, -0.25) is 4.79 Å². The maximum absolute atomic E-state index is 12.3. The van der Waals surface area contributed by atoms with E-state index in [1.807, 2.05) is 32.8 Å². The van der Waals surface area contributed by atoms with Gasteiger partial charge in [0, 0.05) is 25.7 Å². The van der Waals surface area contributed by atoms with Crippen LogP contribution in [-0.4, -0.2) is 55.5 Å². The topological polar surface area (TPSA) is 49.6 Å². The van der Waals surface area contributed by atoms with E-state index in [9.17, 15) is 4.79 Å². The van der Waals surface area contributed by atoms with Crippen LogP contribution in [0.25, 0.3) is 0 Å². The molecule has 0 aliphatic rings. The van der Waals surface area contributed by atoms with Gasteiger partial charge < -0.3 is 15.5 Å². The second-order valence-electron chi connectivity index (χ2n) is 5.63. The third kappa shape index (κ3) is 6.64. The smallest absolute Gasteiger partial charge is 0.227 e. The van der Waals surface area contributed by atoms with E-state index in [0.29, 0.717) is 5.92 Å². The van der Waals surface area contributed by atoms with Crippen molar-refractivity contribution < 1.29 is 4.79 Å². The molecule has 0 radical (unpaired) electrons. The van der Waals surface area contributed by atoms with Crippen LogP contribution in [0.1, 0.15) is 27.7 Å². The molecule has 0 saturated carbocycles. The zero-order valence-electron chi connectivity index (χ0n) is 12.2. The van der Waals surface area contributed by atoms with Gasteiger partial charge in [0.2, 0.25) is 5.91 Å². The first-order valence-corrected chi connectivity index (χ1v) is 6.44. The van der Waals surface area contributed by atoms with Gasteiger partial charge in [0.15, 0.2) is 0 Å². The molecule has 0 rings (SSSR count). The monoisotopic (exact) mass is 243 g/mol. The van der Waals surface area contributed by atoms with E-state index in [2.05, 4.69) is 18.7 Å². The highest BCUT2D eigenvalue weighted by atomic mass is 16.2. The molecule has 17 heavy (non-hydrogen) atoms. The summed E-state index contributed by atoms with van der Waals surface area (Å²) in [5.74, 6) is 0.563. The lowest BCUT2D eigenvalue weighted by Crippen LogP contribution is -2.45. The summed E-state index contributed by atoms with van der Waals surface area (Å²) in [6.45, 7) is 10.5. The summed E-state index contributed by atoms with van der Waals surface area (Å²) in [7, 11) is 4.04. The number of amides is 1. The van der Waals surface area contributed by atoms with Crippen LogP contribution in [0, 0.1) is 11.8 Å². The maximum atomic E-state index is 12.3. The third-order valence-corrected chi connectivity index (χ3v) is 2.89. The Labute approximate surface area is 106 Å². The van der Waals surface area contributed by atoms with E-state index in [-0.39, 0.29) is 17.9 Å². The SMILES string of the molecule is CC(C)CN(CCN(C)C)C(=O)C(C)C(C)N. The maximum Gasteiger partial charge on any atom is 0.227 e. The number of hydrogen-bond acceptors (Lipinski definition) is 3. The molecule has 0 spiro atoms. The molecule has 0 heterocycles. The lowest BCUT2D eigenvalue weighted by atomic mass is 10.0. The van der Waals surface area contributed by atoms with E-state index in [1.165, 1.54) is 0 Å². The van der Waals surface area contributed by atoms with Crippen molar-refractivity contribution in [3.63, 3.8) is 0 Å². The second kappa shape index (κ2) is 7.67. The van der Waals surface area contributed by atoms with Crippen LogP contribution < -0.4 is 5.73 Å². The van der Waals surface area contributed by atoms with E-state index >= 15 is 0 Å². The van der Waals surface area contributed by atoms with E-state index in [0.717, 1.165) is 19.6 Å². The quantitative estimate of drug-likeness (QED) is 0.726. The molecule has 2 unspecified atom stereocenters. The molecular weight excluding hydrogens is 214 g/mol. The Kier molecular flexibility index (Phi) is 7.39. The van der Waals surface area contributed by atoms with Crippen LogP contribution in [-0.2, 0) is 4.79 Å². The van der Waals surface area contributed by atoms with Crippen molar-refractivity contribution >= 4 is 5.91 Å². The molecule has 0 aromatic carbocycles. The summed E-state index contributed by atoms with van der Waals surface area (Å²) in [5, 5.41) is 0. The van der Waals surface area contributed by atoms with Gasteiger partial charge in [-0.1, -0.05) is 20.8 Å². The molecule has 0 aromatic heterocycles. The Morgan fingerprint density at radius 1 is 1.12 bits per heavy atom. The number of rotatable bonds is 7. The van der Waals surface area contributed by atoms with Gasteiger partial charge in [0.1, 0.15) is 0 Å². The fourth-order valence-corrected chi connectivity index (χ4v) is 1.57. The minimum Gasteiger partial charge on any atom is -0.341 e. The Morgan fingerprint density at radius 2 is 1.65 bits per heavy atom. The molecule has 102 valence electrons. The largest absolute Gasteiger partial charge is 0.341 e. The summed E-state index contributed by atoms with van der Waals surface area (Å²) >= 11 is 0. The Bertz CT molecular complexity index is 227. The standard InChI is InChI=1S/C13H29N3O/c1-10(2)9-16(8-7-15(5)6)13(17)11(3)12(4)14/h10-12H,7-9,14H2,1-6H3. The summed E-state index contributed by atoms with van der Waals surface area (Å²) in [5.41, 5.74) is 5.80. The van der Waals surface area contributed by atoms with Crippen molar-refractivity contribution in [3.8, 4) is 0 Å². The minimum atomic E-state index is -0.101. The van der Waals surface area contributed by atoms with Crippen LogP contribution in [0.15, 0.2) is 0 Å². The van der Waals surface area contributed by atoms with Crippen LogP contribution in [0.2, 0.25) is 0 Å². The van der Waals surface area contributed by atoms with E-state index < -0.39 is 0 Å². The van der Waals surface area contributed by atoms with Gasteiger partial charge in [-0.25, -0.2) is 0 Å². The van der Waals surface area contributed by atoms with Gasteiger partial charge in [0.25, 0.3) is 0 Å². The number of likely N-dealkylation sites (N-methyl/N-ethyl adjacent to an activating group) is 1. The lowest BCUT2D eigenvalue weighted by Gasteiger charge is -2.29. The highest BCUT2D eigenvalue weighted by molar-refractivity contribution is 5.79. The molecule has 0 aliphatic carbocycles. The summed E-state index contributed by atoms with van der Waals surface area (Å²) in [6.07, 6.45) is 0. The third-order valence-electron chi connectivity index (χ3n) is 2.89. The Hall–Kier alpha value is -0.610. The fraction of sp³-hybridized carbons (Fsp3) is 0.923. The first-order valence-electron chi connectivity index (χ1n) is 6.44. The normalized spacial score (nSPS) is 15.1. The van der Waals surface area contributed by atoms with Crippen molar-refractivity contribution in [1.29, 1.82) is 0 Å². The number of carbonyl (C=O) groups excluding carboxylic acids is 1. The average Bonchev–Trinajstić information content (AvgIpc) is 2.21. The predicted octanol–water partition coefficient (Wildman–Crippen LogP) is 1.02. The van der Waals surface area contributed by atoms with Gasteiger partial charge in [-0.15, -0.1) is 0 Å². The van der Waals surface area contributed by atoms with Crippen LogP contribution >= 0.6 is 0 Å². The zero-order valence-corrected chi connectivity index (χ0v) is 12.2. The molecule has 2 atom stereocenters. The highest BCUT2D eigenvalue weighted by Gasteiger charge is 2.23. The molecule has 0 aliphatic heterocycles. The van der Waals surface area contributed by atoms with Gasteiger partial charge in [-0.2, -0.15) is 0 Å². The second-order valence-corrected chi connectivity index (χ2v) is 5.63. The van der Waals surface area contributed by atoms with Crippen molar-refractivity contribution in [3.05, 3.63) is 0 Å². The Balaban J connectivity index is 4.50. The number of hydrogen-bond donors (Lipinski definition) is 1. The van der Waals surface area contributed by atoms with Gasteiger partial charge >= 0.3 is 0 Å². The van der Waals surface area contributed by atoms with Gasteiger partial charge in [0.05, 0.1) is 5.92 Å². The highest BCUT2D eigenvalue weighted by Crippen LogP contribution is 2.08. The average molecular weight is 243 g/mol. The number of nitrogens with two attached hydrogens (primary N) is 1. The number of carbonyl (C=O) groups is 1. The first kappa shape index (κ1) is 16.4. The molecule has 4 heteroatoms. The fourth-order valence-electron chi connectivity index (χ4n) is 1.57. The predicted molar refractivity (Wildman–Crippen MR) is 72.8 cm³/mol. The molecule has 1 amide bonds. The molecule has 0 aromatic rings. The molecule has 2 N–H and O–H groups in total. The zero-order chi connectivity index (χ0) is 13.6. The van der Waals surface area contributed by atoms with Crippen molar-refractivity contribution in [2.75, 3.05) is 33.7 Å². The number of nitrogens with zero attached hydrogens (tertiary/aromatic N) is 2. The van der Waals surface area contributed by atoms with Gasteiger partial charge in [-0.05, 0) is 26.9 Å². The van der Waals surface area contributed by atoms with Crippen LogP contribution in [0.3, 0.4) is 0 Å². The van der Waals surface area contributed by atoms with Crippen LogP contribution in [0.4, 0.5) is 0 Å². The Morgan fingerprint density at radius 3 is 2.00 bits per heavy atom. The lowest BCUT2D eigenvalue weighted by molar-refractivity contribution is -0.136. The van der Waals surface area contributed by atoms with E-state index in [1.54, 1.807) is 0 Å². The molecule has 0 bridgehead atoms. The van der Waals surface area contributed by atoms with E-state index in [4.69, 9.17) is 5.73 Å². The summed E-state index contributed by atoms with van der Waals surface area (Å²) < 4.78 is 0. The van der Waals surface area contributed by atoms with Crippen molar-refractivity contribution in [1.82, 2.24) is 9.80 Å². The first-order chi connectivity index (χ1) is 7.75. The molecule has 0 fully saturated rings. The van der Waals surface area contributed by atoms with Crippen molar-refractivity contribution in [2.45, 2.75) is 33.7 Å². The van der Waals surface area contributed by atoms with Crippen LogP contribution in [0.5, 0.6) is 0 Å². The van der Waals surface area contributed by atoms with Crippen molar-refractivity contribution in [2.24, 2.45) is 17.6 Å². The molecule has 0 saturated heterocycles. The summed E-state index contributed by atoms with van der Waals surface area (Å²) in [6, 6.07) is -0.0866.